The van der Waals surface area contributed by atoms with Gasteiger partial charge in [0.1, 0.15) is 11.9 Å². The number of benzene rings is 1. The van der Waals surface area contributed by atoms with E-state index in [2.05, 4.69) is 0 Å². The zero-order valence-corrected chi connectivity index (χ0v) is 7.77. The van der Waals surface area contributed by atoms with Gasteiger partial charge in [0.05, 0.1) is 6.04 Å². The largest absolute Gasteiger partial charge is 0.335 e. The summed E-state index contributed by atoms with van der Waals surface area (Å²) in [6.07, 6.45) is 0. The second kappa shape index (κ2) is 3.06. The molecule has 0 spiro atoms. The summed E-state index contributed by atoms with van der Waals surface area (Å²) in [5.74, 6) is -0.453. The Morgan fingerprint density at radius 3 is 2.64 bits per heavy atom. The molecule has 4 heteroatoms. The first kappa shape index (κ1) is 9.15. The van der Waals surface area contributed by atoms with Crippen LogP contribution in [0.1, 0.15) is 11.6 Å². The zero-order valence-electron chi connectivity index (χ0n) is 7.77. The topological polar surface area (TPSA) is 46.3 Å². The SMILES string of the molecule is CN1C(=O)[C@@H](N)[C@H]1c1ccccc1F. The molecular weight excluding hydrogens is 183 g/mol. The summed E-state index contributed by atoms with van der Waals surface area (Å²) in [5.41, 5.74) is 6.09. The van der Waals surface area contributed by atoms with Crippen LogP contribution in [0.25, 0.3) is 0 Å². The average molecular weight is 194 g/mol. The lowest BCUT2D eigenvalue weighted by Gasteiger charge is -2.43. The Kier molecular flexibility index (Phi) is 2.00. The molecule has 1 amide bonds. The normalized spacial score (nSPS) is 26.2. The molecule has 2 N–H and O–H groups in total. The van der Waals surface area contributed by atoms with Crippen LogP contribution >= 0.6 is 0 Å². The molecule has 0 aromatic heterocycles. The Morgan fingerprint density at radius 2 is 2.07 bits per heavy atom. The Balaban J connectivity index is 2.33. The Bertz CT molecular complexity index is 368. The fourth-order valence-corrected chi connectivity index (χ4v) is 1.78. The predicted molar refractivity (Wildman–Crippen MR) is 49.9 cm³/mol. The van der Waals surface area contributed by atoms with Crippen LogP contribution in [-0.4, -0.2) is 23.9 Å². The van der Waals surface area contributed by atoms with Crippen LogP contribution < -0.4 is 5.73 Å². The predicted octanol–water partition coefficient (Wildman–Crippen LogP) is 0.666. The van der Waals surface area contributed by atoms with Crippen molar-refractivity contribution in [3.8, 4) is 0 Å². The van der Waals surface area contributed by atoms with Crippen molar-refractivity contribution in [2.45, 2.75) is 12.1 Å². The molecule has 1 fully saturated rings. The molecule has 1 aliphatic heterocycles. The summed E-state index contributed by atoms with van der Waals surface area (Å²) >= 11 is 0. The minimum Gasteiger partial charge on any atom is -0.335 e. The molecule has 14 heavy (non-hydrogen) atoms. The van der Waals surface area contributed by atoms with Gasteiger partial charge in [-0.2, -0.15) is 0 Å². The first-order valence-electron chi connectivity index (χ1n) is 4.39. The minimum atomic E-state index is -0.600. The number of nitrogens with two attached hydrogens (primary N) is 1. The van der Waals surface area contributed by atoms with Gasteiger partial charge < -0.3 is 10.6 Å². The Morgan fingerprint density at radius 1 is 1.43 bits per heavy atom. The fourth-order valence-electron chi connectivity index (χ4n) is 1.78. The highest BCUT2D eigenvalue weighted by atomic mass is 19.1. The summed E-state index contributed by atoms with van der Waals surface area (Å²) in [6.45, 7) is 0. The molecule has 1 aromatic carbocycles. The molecular formula is C10H11FN2O. The maximum Gasteiger partial charge on any atom is 0.242 e. The minimum absolute atomic E-state index is 0.141. The smallest absolute Gasteiger partial charge is 0.242 e. The number of hydrogen-bond acceptors (Lipinski definition) is 2. The lowest BCUT2D eigenvalue weighted by atomic mass is 9.90. The second-order valence-corrected chi connectivity index (χ2v) is 3.44. The van der Waals surface area contributed by atoms with E-state index in [4.69, 9.17) is 5.73 Å². The molecule has 3 nitrogen and oxygen atoms in total. The van der Waals surface area contributed by atoms with Crippen LogP contribution in [0, 0.1) is 5.82 Å². The van der Waals surface area contributed by atoms with Gasteiger partial charge in [-0.1, -0.05) is 18.2 Å². The Labute approximate surface area is 81.3 Å². The van der Waals surface area contributed by atoms with E-state index in [9.17, 15) is 9.18 Å². The van der Waals surface area contributed by atoms with Gasteiger partial charge in [0.15, 0.2) is 0 Å². The summed E-state index contributed by atoms with van der Waals surface area (Å²) in [5, 5.41) is 0. The van der Waals surface area contributed by atoms with E-state index >= 15 is 0 Å². The van der Waals surface area contributed by atoms with E-state index in [-0.39, 0.29) is 17.8 Å². The lowest BCUT2D eigenvalue weighted by Crippen LogP contribution is -2.61. The highest BCUT2D eigenvalue weighted by molar-refractivity contribution is 5.89. The molecule has 74 valence electrons. The third-order valence-electron chi connectivity index (χ3n) is 2.61. The van der Waals surface area contributed by atoms with Crippen LogP contribution in [0.5, 0.6) is 0 Å². The van der Waals surface area contributed by atoms with E-state index < -0.39 is 6.04 Å². The summed E-state index contributed by atoms with van der Waals surface area (Å²) in [4.78, 5) is 12.6. The molecule has 0 radical (unpaired) electrons. The number of carbonyl (C=O) groups is 1. The van der Waals surface area contributed by atoms with Crippen molar-refractivity contribution < 1.29 is 9.18 Å². The van der Waals surface area contributed by atoms with E-state index in [1.165, 1.54) is 11.0 Å². The van der Waals surface area contributed by atoms with Crippen molar-refractivity contribution in [3.05, 3.63) is 35.6 Å². The number of halogens is 1. The maximum atomic E-state index is 13.3. The number of amides is 1. The zero-order chi connectivity index (χ0) is 10.3. The standard InChI is InChI=1S/C10H11FN2O/c1-13-9(8(12)10(13)14)6-4-2-3-5-7(6)11/h2-5,8-9H,12H2,1H3/t8-,9+/m0/s1. The summed E-state index contributed by atoms with van der Waals surface area (Å²) in [7, 11) is 1.63. The van der Waals surface area contributed by atoms with E-state index in [1.807, 2.05) is 0 Å². The van der Waals surface area contributed by atoms with Crippen LogP contribution in [0.2, 0.25) is 0 Å². The first-order chi connectivity index (χ1) is 6.63. The number of carbonyl (C=O) groups excluding carboxylic acids is 1. The summed E-state index contributed by atoms with van der Waals surface area (Å²) in [6, 6.07) is 5.47. The quantitative estimate of drug-likeness (QED) is 0.668. The highest BCUT2D eigenvalue weighted by Crippen LogP contribution is 2.32. The number of rotatable bonds is 1. The summed E-state index contributed by atoms with van der Waals surface area (Å²) < 4.78 is 13.3. The van der Waals surface area contributed by atoms with Crippen LogP contribution in [0.3, 0.4) is 0 Å². The van der Waals surface area contributed by atoms with Crippen molar-refractivity contribution >= 4 is 5.91 Å². The van der Waals surface area contributed by atoms with Crippen molar-refractivity contribution in [1.29, 1.82) is 0 Å². The van der Waals surface area contributed by atoms with Crippen LogP contribution in [0.15, 0.2) is 24.3 Å². The number of β-lactam (4-membered cyclic amide) rings is 1. The van der Waals surface area contributed by atoms with Gasteiger partial charge in [0.2, 0.25) is 5.91 Å². The molecule has 2 atom stereocenters. The fraction of sp³-hybridized carbons (Fsp3) is 0.300. The van der Waals surface area contributed by atoms with E-state index in [0.717, 1.165) is 0 Å². The third kappa shape index (κ3) is 1.11. The molecule has 1 aromatic rings. The number of likely N-dealkylation sites (tertiary alicyclic amines) is 1. The molecule has 1 heterocycles. The van der Waals surface area contributed by atoms with E-state index in [0.29, 0.717) is 5.56 Å². The number of nitrogens with zero attached hydrogens (tertiary/aromatic N) is 1. The molecule has 0 saturated carbocycles. The van der Waals surface area contributed by atoms with E-state index in [1.54, 1.807) is 25.2 Å². The Hall–Kier alpha value is -1.42. The van der Waals surface area contributed by atoms with Gasteiger partial charge in [-0.05, 0) is 6.07 Å². The number of hydrogen-bond donors (Lipinski definition) is 1. The molecule has 1 saturated heterocycles. The maximum absolute atomic E-state index is 13.3. The second-order valence-electron chi connectivity index (χ2n) is 3.44. The van der Waals surface area contributed by atoms with Gasteiger partial charge in [-0.25, -0.2) is 4.39 Å². The molecule has 0 bridgehead atoms. The van der Waals surface area contributed by atoms with Gasteiger partial charge in [-0.15, -0.1) is 0 Å². The van der Waals surface area contributed by atoms with Crippen molar-refractivity contribution in [2.75, 3.05) is 7.05 Å². The lowest BCUT2D eigenvalue weighted by molar-refractivity contribution is -0.147. The van der Waals surface area contributed by atoms with Gasteiger partial charge in [-0.3, -0.25) is 4.79 Å². The van der Waals surface area contributed by atoms with Crippen molar-refractivity contribution in [2.24, 2.45) is 5.73 Å². The van der Waals surface area contributed by atoms with Crippen LogP contribution in [0.4, 0.5) is 4.39 Å². The molecule has 0 aliphatic carbocycles. The van der Waals surface area contributed by atoms with Gasteiger partial charge >= 0.3 is 0 Å². The van der Waals surface area contributed by atoms with Crippen LogP contribution in [-0.2, 0) is 4.79 Å². The highest BCUT2D eigenvalue weighted by Gasteiger charge is 2.44. The van der Waals surface area contributed by atoms with Gasteiger partial charge in [0, 0.05) is 12.6 Å². The monoisotopic (exact) mass is 194 g/mol. The number of likely N-dealkylation sites (N-methyl/N-ethyl adjacent to an activating group) is 1. The van der Waals surface area contributed by atoms with Crippen molar-refractivity contribution in [1.82, 2.24) is 4.90 Å². The molecule has 1 aliphatic rings. The first-order valence-corrected chi connectivity index (χ1v) is 4.39. The van der Waals surface area contributed by atoms with Gasteiger partial charge in [0.25, 0.3) is 0 Å². The third-order valence-corrected chi connectivity index (χ3v) is 2.61. The molecule has 2 rings (SSSR count). The average Bonchev–Trinajstić information content (AvgIpc) is 2.21. The molecule has 0 unspecified atom stereocenters. The van der Waals surface area contributed by atoms with Crippen molar-refractivity contribution in [3.63, 3.8) is 0 Å².